The SMILES string of the molecule is CCOc1ccc(-n2c(=O)c3cn(C(=O)CC)c4ccccc4n-3c2=O)cc1. The quantitative estimate of drug-likeness (QED) is 0.548. The lowest BCUT2D eigenvalue weighted by Gasteiger charge is -2.13. The van der Waals surface area contributed by atoms with E-state index in [2.05, 4.69) is 0 Å². The van der Waals surface area contributed by atoms with E-state index in [9.17, 15) is 14.4 Å². The molecule has 7 nitrogen and oxygen atoms in total. The van der Waals surface area contributed by atoms with E-state index in [0.29, 0.717) is 29.1 Å². The molecule has 0 fully saturated rings. The molecule has 0 unspecified atom stereocenters. The maximum absolute atomic E-state index is 13.1. The third kappa shape index (κ3) is 2.63. The summed E-state index contributed by atoms with van der Waals surface area (Å²) < 4.78 is 9.32. The third-order valence-electron chi connectivity index (χ3n) is 4.66. The average Bonchev–Trinajstić information content (AvgIpc) is 2.98. The number of imidazole rings is 1. The van der Waals surface area contributed by atoms with Crippen molar-refractivity contribution in [3.05, 3.63) is 75.6 Å². The lowest BCUT2D eigenvalue weighted by atomic mass is 10.2. The number of hydrogen-bond acceptors (Lipinski definition) is 4. The van der Waals surface area contributed by atoms with Crippen LogP contribution in [0.15, 0.2) is 64.3 Å². The minimum atomic E-state index is -0.476. The highest BCUT2D eigenvalue weighted by Crippen LogP contribution is 2.20. The highest BCUT2D eigenvalue weighted by Gasteiger charge is 2.23. The summed E-state index contributed by atoms with van der Waals surface area (Å²) >= 11 is 0. The van der Waals surface area contributed by atoms with Crippen LogP contribution in [0.5, 0.6) is 5.75 Å². The predicted octanol–water partition coefficient (Wildman–Crippen LogP) is 2.83. The summed E-state index contributed by atoms with van der Waals surface area (Å²) in [5, 5.41) is 0. The van der Waals surface area contributed by atoms with Crippen molar-refractivity contribution in [3.8, 4) is 17.1 Å². The molecule has 0 atom stereocenters. The van der Waals surface area contributed by atoms with E-state index in [1.807, 2.05) is 6.92 Å². The van der Waals surface area contributed by atoms with E-state index in [1.54, 1.807) is 55.5 Å². The summed E-state index contributed by atoms with van der Waals surface area (Å²) in [6, 6.07) is 13.8. The fourth-order valence-corrected chi connectivity index (χ4v) is 3.36. The minimum Gasteiger partial charge on any atom is -0.494 e. The topological polar surface area (TPSA) is 75.2 Å². The lowest BCUT2D eigenvalue weighted by Crippen LogP contribution is -2.25. The molecule has 28 heavy (non-hydrogen) atoms. The molecule has 0 radical (unpaired) electrons. The molecule has 0 spiro atoms. The van der Waals surface area contributed by atoms with Gasteiger partial charge in [-0.1, -0.05) is 19.1 Å². The van der Waals surface area contributed by atoms with Crippen LogP contribution in [-0.4, -0.2) is 26.2 Å². The maximum Gasteiger partial charge on any atom is 0.341 e. The Bertz CT molecular complexity index is 1260. The number of benzene rings is 2. The van der Waals surface area contributed by atoms with E-state index in [1.165, 1.54) is 15.3 Å². The Hall–Kier alpha value is -3.61. The van der Waals surface area contributed by atoms with Crippen LogP contribution in [0.3, 0.4) is 0 Å². The molecule has 142 valence electrons. The number of fused-ring (bicyclic) bond motifs is 3. The molecule has 2 aliphatic heterocycles. The molecule has 2 heterocycles. The molecule has 2 aliphatic rings. The van der Waals surface area contributed by atoms with Gasteiger partial charge in [-0.05, 0) is 43.3 Å². The van der Waals surface area contributed by atoms with Gasteiger partial charge >= 0.3 is 5.69 Å². The van der Waals surface area contributed by atoms with Gasteiger partial charge in [0.2, 0.25) is 5.91 Å². The van der Waals surface area contributed by atoms with Gasteiger partial charge in [0, 0.05) is 12.6 Å². The summed E-state index contributed by atoms with van der Waals surface area (Å²) in [5.74, 6) is 0.506. The molecular weight excluding hydrogens is 358 g/mol. The summed E-state index contributed by atoms with van der Waals surface area (Å²) in [6.07, 6.45) is 1.73. The third-order valence-corrected chi connectivity index (χ3v) is 4.66. The second-order valence-electron chi connectivity index (χ2n) is 6.31. The smallest absolute Gasteiger partial charge is 0.341 e. The van der Waals surface area contributed by atoms with Crippen LogP contribution in [0.4, 0.5) is 0 Å². The Morgan fingerprint density at radius 2 is 1.61 bits per heavy atom. The zero-order valence-electron chi connectivity index (χ0n) is 15.6. The number of carbonyl (C=O) groups is 1. The van der Waals surface area contributed by atoms with Crippen molar-refractivity contribution >= 4 is 16.9 Å². The van der Waals surface area contributed by atoms with Gasteiger partial charge in [-0.2, -0.15) is 0 Å². The first-order valence-electron chi connectivity index (χ1n) is 9.11. The fraction of sp³-hybridized carbons (Fsp3) is 0.190. The molecule has 0 aliphatic carbocycles. The van der Waals surface area contributed by atoms with E-state index >= 15 is 0 Å². The van der Waals surface area contributed by atoms with Crippen LogP contribution in [0.25, 0.3) is 22.4 Å². The number of para-hydroxylation sites is 2. The lowest BCUT2D eigenvalue weighted by molar-refractivity contribution is 0.0913. The number of nitrogens with zero attached hydrogens (tertiary/aromatic N) is 3. The molecule has 0 aromatic heterocycles. The number of carbonyl (C=O) groups excluding carboxylic acids is 1. The van der Waals surface area contributed by atoms with Gasteiger partial charge in [0.25, 0.3) is 5.56 Å². The van der Waals surface area contributed by atoms with Crippen LogP contribution < -0.4 is 16.0 Å². The molecule has 0 amide bonds. The van der Waals surface area contributed by atoms with Crippen LogP contribution in [0.2, 0.25) is 0 Å². The second kappa shape index (κ2) is 6.84. The normalized spacial score (nSPS) is 11.2. The van der Waals surface area contributed by atoms with Gasteiger partial charge in [-0.15, -0.1) is 0 Å². The molecule has 0 saturated carbocycles. The van der Waals surface area contributed by atoms with E-state index in [0.717, 1.165) is 4.57 Å². The number of rotatable bonds is 4. The molecule has 0 N–H and O–H groups in total. The molecule has 2 aromatic rings. The largest absolute Gasteiger partial charge is 0.494 e. The van der Waals surface area contributed by atoms with Crippen molar-refractivity contribution < 1.29 is 9.53 Å². The molecule has 7 heteroatoms. The first kappa shape index (κ1) is 17.8. The van der Waals surface area contributed by atoms with Crippen molar-refractivity contribution in [1.82, 2.24) is 13.7 Å². The predicted molar refractivity (Wildman–Crippen MR) is 106 cm³/mol. The van der Waals surface area contributed by atoms with Crippen molar-refractivity contribution in [2.45, 2.75) is 20.3 Å². The van der Waals surface area contributed by atoms with Crippen LogP contribution >= 0.6 is 0 Å². The standard InChI is InChI=1S/C21H19N3O4/c1-3-19(25)22-13-18-20(26)23(14-9-11-15(12-10-14)28-4-2)21(27)24(18)17-8-6-5-7-16(17)22/h5-13H,3-4H2,1-2H3. The Morgan fingerprint density at radius 3 is 2.25 bits per heavy atom. The Kier molecular flexibility index (Phi) is 4.35. The summed E-state index contributed by atoms with van der Waals surface area (Å²) in [4.78, 5) is 38.6. The van der Waals surface area contributed by atoms with Crippen LogP contribution in [-0.2, 0) is 0 Å². The second-order valence-corrected chi connectivity index (χ2v) is 6.31. The van der Waals surface area contributed by atoms with Crippen molar-refractivity contribution in [1.29, 1.82) is 0 Å². The Morgan fingerprint density at radius 1 is 0.929 bits per heavy atom. The number of ether oxygens (including phenoxy) is 1. The van der Waals surface area contributed by atoms with Crippen molar-refractivity contribution in [2.24, 2.45) is 0 Å². The molecule has 2 aromatic carbocycles. The van der Waals surface area contributed by atoms with Gasteiger partial charge in [-0.3, -0.25) is 18.7 Å². The highest BCUT2D eigenvalue weighted by molar-refractivity contribution is 5.91. The van der Waals surface area contributed by atoms with E-state index in [-0.39, 0.29) is 18.0 Å². The number of aromatic nitrogens is 3. The van der Waals surface area contributed by atoms with Gasteiger partial charge in [0.15, 0.2) is 0 Å². The van der Waals surface area contributed by atoms with Gasteiger partial charge in [-0.25, -0.2) is 9.36 Å². The minimum absolute atomic E-state index is 0.152. The molecular formula is C21H19N3O4. The van der Waals surface area contributed by atoms with E-state index < -0.39 is 11.2 Å². The highest BCUT2D eigenvalue weighted by atomic mass is 16.5. The molecule has 4 rings (SSSR count). The first-order chi connectivity index (χ1) is 13.6. The Labute approximate surface area is 160 Å². The monoisotopic (exact) mass is 377 g/mol. The fourth-order valence-electron chi connectivity index (χ4n) is 3.36. The summed E-state index contributed by atoms with van der Waals surface area (Å²) in [5.41, 5.74) is 0.731. The van der Waals surface area contributed by atoms with Gasteiger partial charge < -0.3 is 4.74 Å². The molecule has 0 saturated heterocycles. The van der Waals surface area contributed by atoms with Gasteiger partial charge in [0.05, 0.1) is 23.3 Å². The van der Waals surface area contributed by atoms with Crippen LogP contribution in [0, 0.1) is 0 Å². The van der Waals surface area contributed by atoms with Gasteiger partial charge in [0.1, 0.15) is 11.4 Å². The first-order valence-corrected chi connectivity index (χ1v) is 9.11. The van der Waals surface area contributed by atoms with Crippen molar-refractivity contribution in [2.75, 3.05) is 6.61 Å². The number of hydrogen-bond donors (Lipinski definition) is 0. The average molecular weight is 377 g/mol. The van der Waals surface area contributed by atoms with E-state index in [4.69, 9.17) is 4.74 Å². The zero-order valence-corrected chi connectivity index (χ0v) is 15.6. The summed E-state index contributed by atoms with van der Waals surface area (Å²) in [6.45, 7) is 4.16. The van der Waals surface area contributed by atoms with Crippen molar-refractivity contribution in [3.63, 3.8) is 0 Å². The molecule has 0 bridgehead atoms. The zero-order chi connectivity index (χ0) is 19.8. The van der Waals surface area contributed by atoms with Crippen LogP contribution in [0.1, 0.15) is 25.1 Å². The summed E-state index contributed by atoms with van der Waals surface area (Å²) in [7, 11) is 0. The Balaban J connectivity index is 2.04. The maximum atomic E-state index is 13.1.